The second-order valence-electron chi connectivity index (χ2n) is 3.29. The first kappa shape index (κ1) is 9.78. The zero-order chi connectivity index (χ0) is 9.84. The highest BCUT2D eigenvalue weighted by atomic mass is 19.1. The Kier molecular flexibility index (Phi) is 3.07. The molecule has 1 N–H and O–H groups in total. The quantitative estimate of drug-likeness (QED) is 0.703. The van der Waals surface area contributed by atoms with Gasteiger partial charge in [-0.3, -0.25) is 0 Å². The van der Waals surface area contributed by atoms with Gasteiger partial charge in [-0.25, -0.2) is 4.39 Å². The molecule has 0 aromatic heterocycles. The Hall–Kier alpha value is -1.31. The highest BCUT2D eigenvalue weighted by molar-refractivity contribution is 5.47. The second kappa shape index (κ2) is 4.08. The van der Waals surface area contributed by atoms with E-state index >= 15 is 0 Å². The Morgan fingerprint density at radius 1 is 1.54 bits per heavy atom. The molecule has 0 spiro atoms. The summed E-state index contributed by atoms with van der Waals surface area (Å²) in [5, 5.41) is 2.98. The normalized spacial score (nSPS) is 9.77. The van der Waals surface area contributed by atoms with Crippen LogP contribution in [0.4, 0.5) is 10.1 Å². The molecule has 13 heavy (non-hydrogen) atoms. The van der Waals surface area contributed by atoms with E-state index in [0.29, 0.717) is 12.2 Å². The Balaban J connectivity index is 2.75. The molecule has 1 aromatic carbocycles. The highest BCUT2D eigenvalue weighted by Gasteiger charge is 2.00. The van der Waals surface area contributed by atoms with Crippen molar-refractivity contribution in [2.75, 3.05) is 11.9 Å². The van der Waals surface area contributed by atoms with Gasteiger partial charge in [-0.2, -0.15) is 0 Å². The first-order valence-electron chi connectivity index (χ1n) is 4.24. The van der Waals surface area contributed by atoms with Gasteiger partial charge in [0.15, 0.2) is 0 Å². The second-order valence-corrected chi connectivity index (χ2v) is 3.29. The standard InChI is InChI=1S/C11H14FN/c1-8(2)7-13-11-6-9(3)4-5-10(11)12/h4-6,13H,1,7H2,2-3H3. The molecule has 0 fully saturated rings. The summed E-state index contributed by atoms with van der Waals surface area (Å²) in [5.74, 6) is -0.216. The maximum absolute atomic E-state index is 13.1. The average Bonchev–Trinajstić information content (AvgIpc) is 2.06. The zero-order valence-electron chi connectivity index (χ0n) is 8.02. The number of halogens is 1. The van der Waals surface area contributed by atoms with Crippen molar-refractivity contribution in [1.29, 1.82) is 0 Å². The number of nitrogens with one attached hydrogen (secondary N) is 1. The molecule has 0 aliphatic heterocycles. The van der Waals surface area contributed by atoms with Gasteiger partial charge in [0.1, 0.15) is 5.82 Å². The van der Waals surface area contributed by atoms with Crippen LogP contribution in [0.15, 0.2) is 30.4 Å². The molecule has 0 bridgehead atoms. The molecule has 2 heteroatoms. The fourth-order valence-corrected chi connectivity index (χ4v) is 1.02. The van der Waals surface area contributed by atoms with Crippen molar-refractivity contribution in [3.63, 3.8) is 0 Å². The molecule has 1 aromatic rings. The summed E-state index contributed by atoms with van der Waals surface area (Å²) < 4.78 is 13.1. The molecule has 0 radical (unpaired) electrons. The van der Waals surface area contributed by atoms with E-state index in [0.717, 1.165) is 11.1 Å². The molecule has 0 atom stereocenters. The van der Waals surface area contributed by atoms with Gasteiger partial charge in [0.05, 0.1) is 5.69 Å². The Morgan fingerprint density at radius 3 is 2.85 bits per heavy atom. The van der Waals surface area contributed by atoms with E-state index in [4.69, 9.17) is 0 Å². The van der Waals surface area contributed by atoms with Crippen LogP contribution in [-0.4, -0.2) is 6.54 Å². The Morgan fingerprint density at radius 2 is 2.23 bits per heavy atom. The van der Waals surface area contributed by atoms with E-state index in [-0.39, 0.29) is 5.82 Å². The number of aryl methyl sites for hydroxylation is 1. The van der Waals surface area contributed by atoms with Crippen LogP contribution in [0.25, 0.3) is 0 Å². The van der Waals surface area contributed by atoms with Crippen LogP contribution in [0.5, 0.6) is 0 Å². The smallest absolute Gasteiger partial charge is 0.146 e. The van der Waals surface area contributed by atoms with Crippen LogP contribution >= 0.6 is 0 Å². The summed E-state index contributed by atoms with van der Waals surface area (Å²) in [5.41, 5.74) is 2.58. The predicted octanol–water partition coefficient (Wildman–Crippen LogP) is 3.12. The van der Waals surface area contributed by atoms with Crippen molar-refractivity contribution in [2.24, 2.45) is 0 Å². The number of anilines is 1. The van der Waals surface area contributed by atoms with Gasteiger partial charge >= 0.3 is 0 Å². The third-order valence-corrected chi connectivity index (χ3v) is 1.70. The van der Waals surface area contributed by atoms with Gasteiger partial charge in [0, 0.05) is 6.54 Å². The number of rotatable bonds is 3. The van der Waals surface area contributed by atoms with Crippen LogP contribution in [0.1, 0.15) is 12.5 Å². The first-order valence-corrected chi connectivity index (χ1v) is 4.24. The lowest BCUT2D eigenvalue weighted by atomic mass is 10.2. The lowest BCUT2D eigenvalue weighted by molar-refractivity contribution is 0.630. The molecule has 0 unspecified atom stereocenters. The third kappa shape index (κ3) is 2.90. The summed E-state index contributed by atoms with van der Waals surface area (Å²) >= 11 is 0. The molecule has 0 aliphatic carbocycles. The molecule has 70 valence electrons. The molecule has 0 aliphatic rings. The maximum atomic E-state index is 13.1. The fourth-order valence-electron chi connectivity index (χ4n) is 1.02. The summed E-state index contributed by atoms with van der Waals surface area (Å²) in [6.07, 6.45) is 0. The SMILES string of the molecule is C=C(C)CNc1cc(C)ccc1F. The number of hydrogen-bond donors (Lipinski definition) is 1. The van der Waals surface area contributed by atoms with Gasteiger partial charge in [-0.05, 0) is 31.5 Å². The van der Waals surface area contributed by atoms with E-state index in [9.17, 15) is 4.39 Å². The molecule has 0 saturated carbocycles. The van der Waals surface area contributed by atoms with Crippen LogP contribution in [0.3, 0.4) is 0 Å². The van der Waals surface area contributed by atoms with Gasteiger partial charge in [0.2, 0.25) is 0 Å². The lowest BCUT2D eigenvalue weighted by Crippen LogP contribution is -2.03. The van der Waals surface area contributed by atoms with Crippen molar-refractivity contribution in [2.45, 2.75) is 13.8 Å². The Bertz CT molecular complexity index is 318. The van der Waals surface area contributed by atoms with Crippen molar-refractivity contribution in [3.8, 4) is 0 Å². The maximum Gasteiger partial charge on any atom is 0.146 e. The molecule has 0 heterocycles. The van der Waals surface area contributed by atoms with Gasteiger partial charge in [-0.15, -0.1) is 0 Å². The molecule has 0 amide bonds. The van der Waals surface area contributed by atoms with Crippen molar-refractivity contribution in [3.05, 3.63) is 41.7 Å². The molecule has 1 rings (SSSR count). The largest absolute Gasteiger partial charge is 0.379 e. The monoisotopic (exact) mass is 179 g/mol. The highest BCUT2D eigenvalue weighted by Crippen LogP contribution is 2.15. The summed E-state index contributed by atoms with van der Waals surface area (Å²) in [4.78, 5) is 0. The van der Waals surface area contributed by atoms with Crippen molar-refractivity contribution >= 4 is 5.69 Å². The topological polar surface area (TPSA) is 12.0 Å². The number of hydrogen-bond acceptors (Lipinski definition) is 1. The van der Waals surface area contributed by atoms with E-state index in [1.165, 1.54) is 6.07 Å². The molecular formula is C11H14FN. The van der Waals surface area contributed by atoms with Crippen LogP contribution in [-0.2, 0) is 0 Å². The minimum atomic E-state index is -0.216. The third-order valence-electron chi connectivity index (χ3n) is 1.70. The van der Waals surface area contributed by atoms with Crippen LogP contribution in [0.2, 0.25) is 0 Å². The van der Waals surface area contributed by atoms with E-state index in [1.807, 2.05) is 13.8 Å². The van der Waals surface area contributed by atoms with Crippen LogP contribution < -0.4 is 5.32 Å². The molecule has 0 saturated heterocycles. The van der Waals surface area contributed by atoms with E-state index in [2.05, 4.69) is 11.9 Å². The predicted molar refractivity (Wildman–Crippen MR) is 54.4 cm³/mol. The molecule has 1 nitrogen and oxygen atoms in total. The average molecular weight is 179 g/mol. The summed E-state index contributed by atoms with van der Waals surface area (Å²) in [6.45, 7) is 8.19. The van der Waals surface area contributed by atoms with E-state index < -0.39 is 0 Å². The van der Waals surface area contributed by atoms with Gasteiger partial charge in [0.25, 0.3) is 0 Å². The van der Waals surface area contributed by atoms with Crippen LogP contribution in [0, 0.1) is 12.7 Å². The first-order chi connectivity index (χ1) is 6.09. The van der Waals surface area contributed by atoms with E-state index in [1.54, 1.807) is 12.1 Å². The Labute approximate surface area is 78.3 Å². The summed E-state index contributed by atoms with van der Waals surface area (Å²) in [7, 11) is 0. The minimum Gasteiger partial charge on any atom is -0.379 e. The fraction of sp³-hybridized carbons (Fsp3) is 0.273. The molecular weight excluding hydrogens is 165 g/mol. The zero-order valence-corrected chi connectivity index (χ0v) is 8.02. The lowest BCUT2D eigenvalue weighted by Gasteiger charge is -2.07. The number of benzene rings is 1. The van der Waals surface area contributed by atoms with Crippen molar-refractivity contribution in [1.82, 2.24) is 0 Å². The summed E-state index contributed by atoms with van der Waals surface area (Å²) in [6, 6.07) is 5.01. The van der Waals surface area contributed by atoms with Gasteiger partial charge < -0.3 is 5.32 Å². The minimum absolute atomic E-state index is 0.216. The van der Waals surface area contributed by atoms with Gasteiger partial charge in [-0.1, -0.05) is 18.2 Å². The van der Waals surface area contributed by atoms with Crippen molar-refractivity contribution < 1.29 is 4.39 Å².